The molecule has 0 aliphatic heterocycles. The summed E-state index contributed by atoms with van der Waals surface area (Å²) in [6, 6.07) is 13.1. The molecule has 0 amide bonds. The Balaban J connectivity index is 1.80. The highest BCUT2D eigenvalue weighted by Crippen LogP contribution is 2.11. The van der Waals surface area contributed by atoms with Crippen LogP contribution in [0.1, 0.15) is 16.7 Å². The van der Waals surface area contributed by atoms with Crippen LogP contribution in [-0.2, 0) is 27.6 Å². The molecule has 0 heterocycles. The smallest absolute Gasteiger partial charge is 0.331 e. The first-order chi connectivity index (χ1) is 11.5. The van der Waals surface area contributed by atoms with Gasteiger partial charge in [-0.25, -0.2) is 4.79 Å². The highest BCUT2D eigenvalue weighted by Gasteiger charge is 2.01. The third kappa shape index (κ3) is 5.80. The van der Waals surface area contributed by atoms with Gasteiger partial charge in [0.05, 0.1) is 0 Å². The molecule has 124 valence electrons. The molecule has 0 saturated carbocycles. The van der Waals surface area contributed by atoms with Crippen molar-refractivity contribution in [2.75, 3.05) is 0 Å². The van der Waals surface area contributed by atoms with Crippen molar-refractivity contribution >= 4 is 12.0 Å². The first-order valence-corrected chi connectivity index (χ1v) is 7.02. The van der Waals surface area contributed by atoms with Gasteiger partial charge in [0.1, 0.15) is 19.0 Å². The average Bonchev–Trinajstić information content (AvgIpc) is 2.58. The molecule has 0 unspecified atom stereocenters. The second kappa shape index (κ2) is 8.33. The van der Waals surface area contributed by atoms with Crippen LogP contribution >= 0.6 is 0 Å². The lowest BCUT2D eigenvalue weighted by atomic mass is 10.1. The lowest BCUT2D eigenvalue weighted by Gasteiger charge is -2.04. The maximum absolute atomic E-state index is 11.6. The van der Waals surface area contributed by atoms with Crippen molar-refractivity contribution in [1.82, 2.24) is 0 Å². The summed E-state index contributed by atoms with van der Waals surface area (Å²) < 4.78 is 5.10. The number of rotatable bonds is 7. The molecular formula is C17H15NO6. The molecule has 7 heteroatoms. The highest BCUT2D eigenvalue weighted by atomic mass is 16.9. The Bertz CT molecular complexity index is 722. The molecular weight excluding hydrogens is 314 g/mol. The van der Waals surface area contributed by atoms with Gasteiger partial charge in [0.2, 0.25) is 0 Å². The number of carbonyl (C=O) groups excluding carboxylic acids is 1. The summed E-state index contributed by atoms with van der Waals surface area (Å²) in [6.07, 6.45) is 2.88. The Labute approximate surface area is 137 Å². The van der Waals surface area contributed by atoms with Crippen LogP contribution < -0.4 is 0 Å². The number of aromatic hydroxyl groups is 1. The third-order valence-electron chi connectivity index (χ3n) is 3.05. The molecule has 0 atom stereocenters. The molecule has 2 rings (SSSR count). The second-order valence-electron chi connectivity index (χ2n) is 4.85. The Kier molecular flexibility index (Phi) is 5.90. The summed E-state index contributed by atoms with van der Waals surface area (Å²) >= 11 is 0. The zero-order valence-electron chi connectivity index (χ0n) is 12.6. The van der Waals surface area contributed by atoms with E-state index in [2.05, 4.69) is 4.84 Å². The van der Waals surface area contributed by atoms with Crippen LogP contribution in [0.15, 0.2) is 54.6 Å². The van der Waals surface area contributed by atoms with Crippen LogP contribution in [0.2, 0.25) is 0 Å². The summed E-state index contributed by atoms with van der Waals surface area (Å²) in [5.74, 6) is -0.342. The van der Waals surface area contributed by atoms with Gasteiger partial charge in [-0.2, -0.15) is 0 Å². The first-order valence-electron chi connectivity index (χ1n) is 7.02. The first kappa shape index (κ1) is 17.0. The Hall–Kier alpha value is -3.35. The van der Waals surface area contributed by atoms with E-state index >= 15 is 0 Å². The number of phenolic OH excluding ortho intramolecular Hbond substituents is 1. The van der Waals surface area contributed by atoms with E-state index in [1.165, 1.54) is 18.2 Å². The van der Waals surface area contributed by atoms with Crippen LogP contribution in [0.5, 0.6) is 5.75 Å². The van der Waals surface area contributed by atoms with Gasteiger partial charge < -0.3 is 14.7 Å². The van der Waals surface area contributed by atoms with Crippen LogP contribution in [-0.4, -0.2) is 16.2 Å². The fourth-order valence-electron chi connectivity index (χ4n) is 1.81. The molecule has 0 aromatic heterocycles. The number of carbonyl (C=O) groups is 1. The van der Waals surface area contributed by atoms with E-state index in [0.29, 0.717) is 5.56 Å². The van der Waals surface area contributed by atoms with Crippen molar-refractivity contribution < 1.29 is 24.6 Å². The number of hydrogen-bond acceptors (Lipinski definition) is 6. The lowest BCUT2D eigenvalue weighted by molar-refractivity contribution is -0.763. The van der Waals surface area contributed by atoms with Crippen molar-refractivity contribution in [2.24, 2.45) is 0 Å². The van der Waals surface area contributed by atoms with Crippen LogP contribution in [0.3, 0.4) is 0 Å². The molecule has 0 aliphatic carbocycles. The number of hydrogen-bond donors (Lipinski definition) is 1. The highest BCUT2D eigenvalue weighted by molar-refractivity contribution is 5.87. The fraction of sp³-hybridized carbons (Fsp3) is 0.118. The summed E-state index contributed by atoms with van der Waals surface area (Å²) in [7, 11) is 0. The Morgan fingerprint density at radius 1 is 1.04 bits per heavy atom. The molecule has 7 nitrogen and oxygen atoms in total. The van der Waals surface area contributed by atoms with Crippen LogP contribution in [0.25, 0.3) is 6.08 Å². The normalized spacial score (nSPS) is 10.5. The van der Waals surface area contributed by atoms with Gasteiger partial charge in [-0.3, -0.25) is 0 Å². The Morgan fingerprint density at radius 3 is 2.21 bits per heavy atom. The molecule has 1 N–H and O–H groups in total. The van der Waals surface area contributed by atoms with Gasteiger partial charge in [-0.15, -0.1) is 10.1 Å². The van der Waals surface area contributed by atoms with Crippen molar-refractivity contribution in [3.63, 3.8) is 0 Å². The maximum Gasteiger partial charge on any atom is 0.331 e. The van der Waals surface area contributed by atoms with Gasteiger partial charge in [-0.05, 0) is 34.9 Å². The quantitative estimate of drug-likeness (QED) is 0.363. The summed E-state index contributed by atoms with van der Waals surface area (Å²) in [5.41, 5.74) is 2.17. The monoisotopic (exact) mass is 329 g/mol. The molecule has 0 spiro atoms. The number of esters is 1. The van der Waals surface area contributed by atoms with E-state index in [-0.39, 0.29) is 19.0 Å². The summed E-state index contributed by atoms with van der Waals surface area (Å²) in [4.78, 5) is 26.0. The summed E-state index contributed by atoms with van der Waals surface area (Å²) in [5, 5.41) is 18.4. The van der Waals surface area contributed by atoms with E-state index < -0.39 is 11.1 Å². The standard InChI is InChI=1S/C17H15NO6/c19-16-8-5-13(6-9-16)7-10-17(20)23-11-14-1-3-15(4-2-14)12-24-18(21)22/h1-10,19H,11-12H2/b10-7+. The zero-order chi connectivity index (χ0) is 17.4. The van der Waals surface area contributed by atoms with E-state index in [1.807, 2.05) is 0 Å². The van der Waals surface area contributed by atoms with Crippen molar-refractivity contribution in [1.29, 1.82) is 0 Å². The molecule has 0 bridgehead atoms. The Morgan fingerprint density at radius 2 is 1.62 bits per heavy atom. The van der Waals surface area contributed by atoms with Gasteiger partial charge in [0.15, 0.2) is 0 Å². The number of phenols is 1. The molecule has 2 aromatic rings. The van der Waals surface area contributed by atoms with Crippen LogP contribution in [0, 0.1) is 10.1 Å². The lowest BCUT2D eigenvalue weighted by Crippen LogP contribution is -2.02. The molecule has 0 saturated heterocycles. The largest absolute Gasteiger partial charge is 0.508 e. The number of benzene rings is 2. The van der Waals surface area contributed by atoms with Gasteiger partial charge in [-0.1, -0.05) is 36.4 Å². The number of nitrogens with zero attached hydrogens (tertiary/aromatic N) is 1. The molecule has 0 fully saturated rings. The van der Waals surface area contributed by atoms with E-state index in [9.17, 15) is 14.9 Å². The zero-order valence-corrected chi connectivity index (χ0v) is 12.6. The van der Waals surface area contributed by atoms with Crippen molar-refractivity contribution in [2.45, 2.75) is 13.2 Å². The fourth-order valence-corrected chi connectivity index (χ4v) is 1.81. The van der Waals surface area contributed by atoms with E-state index in [0.717, 1.165) is 11.1 Å². The SMILES string of the molecule is O=C(/C=C/c1ccc(O)cc1)OCc1ccc(CO[N+](=O)[O-])cc1. The average molecular weight is 329 g/mol. The molecule has 24 heavy (non-hydrogen) atoms. The predicted octanol–water partition coefficient (Wildman–Crippen LogP) is 2.86. The topological polar surface area (TPSA) is 98.9 Å². The minimum absolute atomic E-state index is 0.0924. The second-order valence-corrected chi connectivity index (χ2v) is 4.85. The maximum atomic E-state index is 11.6. The van der Waals surface area contributed by atoms with Crippen LogP contribution in [0.4, 0.5) is 0 Å². The minimum atomic E-state index is -0.851. The van der Waals surface area contributed by atoms with Crippen molar-refractivity contribution in [3.05, 3.63) is 81.4 Å². The minimum Gasteiger partial charge on any atom is -0.508 e. The molecule has 0 radical (unpaired) electrons. The summed E-state index contributed by atoms with van der Waals surface area (Å²) in [6.45, 7) is -0.0302. The van der Waals surface area contributed by atoms with Gasteiger partial charge >= 0.3 is 5.97 Å². The third-order valence-corrected chi connectivity index (χ3v) is 3.05. The van der Waals surface area contributed by atoms with Gasteiger partial charge in [0.25, 0.3) is 5.09 Å². The van der Waals surface area contributed by atoms with E-state index in [4.69, 9.17) is 9.84 Å². The predicted molar refractivity (Wildman–Crippen MR) is 85.2 cm³/mol. The molecule has 2 aromatic carbocycles. The van der Waals surface area contributed by atoms with Gasteiger partial charge in [0, 0.05) is 6.08 Å². The van der Waals surface area contributed by atoms with E-state index in [1.54, 1.807) is 42.5 Å². The molecule has 0 aliphatic rings. The van der Waals surface area contributed by atoms with Crippen molar-refractivity contribution in [3.8, 4) is 5.75 Å². The number of ether oxygens (including phenoxy) is 1.